The monoisotopic (exact) mass is 312 g/mol. The molecule has 0 saturated carbocycles. The topological polar surface area (TPSA) is 29.3 Å². The summed E-state index contributed by atoms with van der Waals surface area (Å²) in [5, 5.41) is 0.829. The van der Waals surface area contributed by atoms with Gasteiger partial charge in [-0.05, 0) is 45.0 Å². The molecule has 0 heterocycles. The number of nitrogens with two attached hydrogens (primary N) is 1. The van der Waals surface area contributed by atoms with Crippen LogP contribution in [0.4, 0.5) is 0 Å². The molecule has 0 bridgehead atoms. The molecule has 4 heteroatoms. The highest BCUT2D eigenvalue weighted by atomic mass is 35.5. The molecule has 1 aromatic carbocycles. The van der Waals surface area contributed by atoms with E-state index in [4.69, 9.17) is 29.6 Å². The van der Waals surface area contributed by atoms with Gasteiger partial charge in [0.15, 0.2) is 0 Å². The molecule has 0 saturated heterocycles. The highest BCUT2D eigenvalue weighted by Gasteiger charge is 2.21. The molecule has 2 N–H and O–H groups in total. The molecule has 20 heavy (non-hydrogen) atoms. The van der Waals surface area contributed by atoms with Crippen LogP contribution < -0.4 is 5.73 Å². The lowest BCUT2D eigenvalue weighted by atomic mass is 9.88. The van der Waals surface area contributed by atoms with Gasteiger partial charge >= 0.3 is 0 Å². The molecule has 0 amide bonds. The molecule has 0 aliphatic heterocycles. The molecule has 112 valence electrons. The first-order valence-electron chi connectivity index (χ1n) is 7.00. The first-order valence-corrected chi connectivity index (χ1v) is 7.79. The quantitative estimate of drug-likeness (QED) is 0.755. The van der Waals surface area contributed by atoms with Gasteiger partial charge in [0, 0.05) is 16.5 Å². The standard InChI is InChI=1S/C16H25ClN2S/c1-12(13-8-5-6-9-14(13)17)19(4)11-7-10-16(2,3)15(18)20/h5-6,8-9,12H,7,10-11H2,1-4H3,(H2,18,20). The van der Waals surface area contributed by atoms with Crippen molar-refractivity contribution >= 4 is 28.8 Å². The fraction of sp³-hybridized carbons (Fsp3) is 0.562. The van der Waals surface area contributed by atoms with Crippen molar-refractivity contribution in [2.24, 2.45) is 11.1 Å². The largest absolute Gasteiger partial charge is 0.393 e. The lowest BCUT2D eigenvalue weighted by molar-refractivity contribution is 0.247. The zero-order valence-corrected chi connectivity index (χ0v) is 14.4. The Morgan fingerprint density at radius 2 is 2.00 bits per heavy atom. The summed E-state index contributed by atoms with van der Waals surface area (Å²) in [6.07, 6.45) is 2.07. The van der Waals surface area contributed by atoms with Gasteiger partial charge in [-0.1, -0.05) is 55.9 Å². The number of nitrogens with zero attached hydrogens (tertiary/aromatic N) is 1. The van der Waals surface area contributed by atoms with E-state index in [9.17, 15) is 0 Å². The van der Waals surface area contributed by atoms with Crippen molar-refractivity contribution < 1.29 is 0 Å². The van der Waals surface area contributed by atoms with Gasteiger partial charge in [-0.25, -0.2) is 0 Å². The molecule has 0 fully saturated rings. The van der Waals surface area contributed by atoms with E-state index in [2.05, 4.69) is 38.8 Å². The number of rotatable bonds is 7. The van der Waals surface area contributed by atoms with Crippen molar-refractivity contribution in [3.05, 3.63) is 34.9 Å². The smallest absolute Gasteiger partial charge is 0.0784 e. The molecular weight excluding hydrogens is 288 g/mol. The molecule has 1 unspecified atom stereocenters. The predicted molar refractivity (Wildman–Crippen MR) is 92.3 cm³/mol. The summed E-state index contributed by atoms with van der Waals surface area (Å²) in [5.74, 6) is 0. The Labute approximate surface area is 133 Å². The lowest BCUT2D eigenvalue weighted by Crippen LogP contribution is -2.31. The Kier molecular flexibility index (Phi) is 6.44. The number of halogens is 1. The molecule has 1 aromatic rings. The van der Waals surface area contributed by atoms with Crippen LogP contribution >= 0.6 is 23.8 Å². The van der Waals surface area contributed by atoms with Crippen molar-refractivity contribution in [1.82, 2.24) is 4.90 Å². The average molecular weight is 313 g/mol. The van der Waals surface area contributed by atoms with E-state index in [0.29, 0.717) is 11.0 Å². The molecule has 0 spiro atoms. The van der Waals surface area contributed by atoms with Gasteiger partial charge < -0.3 is 5.73 Å². The average Bonchev–Trinajstić information content (AvgIpc) is 2.38. The van der Waals surface area contributed by atoms with Crippen molar-refractivity contribution in [1.29, 1.82) is 0 Å². The molecule has 0 radical (unpaired) electrons. The van der Waals surface area contributed by atoms with Crippen LogP contribution in [0.2, 0.25) is 5.02 Å². The van der Waals surface area contributed by atoms with Crippen molar-refractivity contribution in [2.75, 3.05) is 13.6 Å². The third-order valence-electron chi connectivity index (χ3n) is 4.00. The minimum absolute atomic E-state index is 0.0657. The van der Waals surface area contributed by atoms with Crippen LogP contribution in [0.5, 0.6) is 0 Å². The van der Waals surface area contributed by atoms with Gasteiger partial charge in [-0.2, -0.15) is 0 Å². The fourth-order valence-corrected chi connectivity index (χ4v) is 2.53. The van der Waals surface area contributed by atoms with Gasteiger partial charge in [0.2, 0.25) is 0 Å². The van der Waals surface area contributed by atoms with Crippen molar-refractivity contribution in [3.8, 4) is 0 Å². The maximum Gasteiger partial charge on any atom is 0.0784 e. The second kappa shape index (κ2) is 7.39. The van der Waals surface area contributed by atoms with Gasteiger partial charge in [-0.15, -0.1) is 0 Å². The molecule has 1 atom stereocenters. The van der Waals surface area contributed by atoms with Crippen LogP contribution in [0.25, 0.3) is 0 Å². The Balaban J connectivity index is 2.53. The lowest BCUT2D eigenvalue weighted by Gasteiger charge is -2.28. The zero-order chi connectivity index (χ0) is 15.3. The second-order valence-electron chi connectivity index (χ2n) is 6.03. The predicted octanol–water partition coefficient (Wildman–Crippen LogP) is 4.43. The van der Waals surface area contributed by atoms with Gasteiger partial charge in [0.05, 0.1) is 4.99 Å². The summed E-state index contributed by atoms with van der Waals surface area (Å²) in [6, 6.07) is 8.32. The summed E-state index contributed by atoms with van der Waals surface area (Å²) in [4.78, 5) is 2.91. The van der Waals surface area contributed by atoms with Crippen LogP contribution in [-0.4, -0.2) is 23.5 Å². The van der Waals surface area contributed by atoms with E-state index in [-0.39, 0.29) is 5.41 Å². The second-order valence-corrected chi connectivity index (χ2v) is 6.88. The molecule has 2 nitrogen and oxygen atoms in total. The number of hydrogen-bond acceptors (Lipinski definition) is 2. The normalized spacial score (nSPS) is 13.5. The van der Waals surface area contributed by atoms with Crippen LogP contribution in [0.1, 0.15) is 45.2 Å². The fourth-order valence-electron chi connectivity index (χ4n) is 2.14. The Morgan fingerprint density at radius 3 is 2.55 bits per heavy atom. The van der Waals surface area contributed by atoms with Crippen LogP contribution in [0, 0.1) is 5.41 Å². The van der Waals surface area contributed by atoms with E-state index in [1.807, 2.05) is 18.2 Å². The maximum absolute atomic E-state index is 6.25. The third-order valence-corrected chi connectivity index (χ3v) is 4.89. The van der Waals surface area contributed by atoms with E-state index in [0.717, 1.165) is 24.4 Å². The first-order chi connectivity index (χ1) is 9.25. The highest BCUT2D eigenvalue weighted by molar-refractivity contribution is 7.80. The Bertz CT molecular complexity index is 460. The van der Waals surface area contributed by atoms with Gasteiger partial charge in [0.25, 0.3) is 0 Å². The zero-order valence-electron chi connectivity index (χ0n) is 12.8. The summed E-state index contributed by atoms with van der Waals surface area (Å²) in [5.41, 5.74) is 6.86. The Morgan fingerprint density at radius 1 is 1.40 bits per heavy atom. The molecule has 0 aromatic heterocycles. The highest BCUT2D eigenvalue weighted by Crippen LogP contribution is 2.27. The van der Waals surface area contributed by atoms with Gasteiger partial charge in [-0.3, -0.25) is 4.90 Å². The van der Waals surface area contributed by atoms with Gasteiger partial charge in [0.1, 0.15) is 0 Å². The Hall–Kier alpha value is -0.640. The number of hydrogen-bond donors (Lipinski definition) is 1. The number of thiocarbonyl (C=S) groups is 1. The molecule has 0 aliphatic carbocycles. The molecule has 0 aliphatic rings. The third kappa shape index (κ3) is 4.72. The van der Waals surface area contributed by atoms with E-state index < -0.39 is 0 Å². The van der Waals surface area contributed by atoms with Crippen LogP contribution in [0.15, 0.2) is 24.3 Å². The van der Waals surface area contributed by atoms with E-state index in [1.54, 1.807) is 0 Å². The molecular formula is C16H25ClN2S. The van der Waals surface area contributed by atoms with Crippen LogP contribution in [0.3, 0.4) is 0 Å². The summed E-state index contributed by atoms with van der Waals surface area (Å²) >= 11 is 11.4. The minimum Gasteiger partial charge on any atom is -0.393 e. The minimum atomic E-state index is -0.0657. The van der Waals surface area contributed by atoms with Crippen LogP contribution in [-0.2, 0) is 0 Å². The van der Waals surface area contributed by atoms with Crippen molar-refractivity contribution in [3.63, 3.8) is 0 Å². The molecule has 1 rings (SSSR count). The SMILES string of the molecule is CC(c1ccccc1Cl)N(C)CCCC(C)(C)C(N)=S. The first kappa shape index (κ1) is 17.4. The number of benzene rings is 1. The van der Waals surface area contributed by atoms with E-state index in [1.165, 1.54) is 5.56 Å². The summed E-state index contributed by atoms with van der Waals surface area (Å²) in [6.45, 7) is 7.39. The van der Waals surface area contributed by atoms with Crippen molar-refractivity contribution in [2.45, 2.75) is 39.7 Å². The summed E-state index contributed by atoms with van der Waals surface area (Å²) < 4.78 is 0. The summed E-state index contributed by atoms with van der Waals surface area (Å²) in [7, 11) is 2.13. The maximum atomic E-state index is 6.25. The van der Waals surface area contributed by atoms with E-state index >= 15 is 0 Å².